The van der Waals surface area contributed by atoms with E-state index >= 15 is 0 Å². The van der Waals surface area contributed by atoms with Crippen molar-refractivity contribution in [2.45, 2.75) is 16.7 Å². The van der Waals surface area contributed by atoms with Crippen molar-refractivity contribution in [3.05, 3.63) is 72.3 Å². The molecule has 28 heavy (non-hydrogen) atoms. The number of sulfone groups is 1. The molecular weight excluding hydrogens is 368 g/mol. The predicted molar refractivity (Wildman–Crippen MR) is 116 cm³/mol. The van der Waals surface area contributed by atoms with E-state index < -0.39 is 9.84 Å². The van der Waals surface area contributed by atoms with Gasteiger partial charge in [0.15, 0.2) is 0 Å². The number of nitrogens with zero attached hydrogens (tertiary/aromatic N) is 1. The minimum absolute atomic E-state index is 0.338. The molecule has 3 aromatic rings. The van der Waals surface area contributed by atoms with E-state index in [0.717, 1.165) is 53.8 Å². The van der Waals surface area contributed by atoms with E-state index in [4.69, 9.17) is 0 Å². The number of nitrogens with one attached hydrogen (secondary N) is 1. The summed E-state index contributed by atoms with van der Waals surface area (Å²) in [6.07, 6.45) is 1.67. The first-order valence-electron chi connectivity index (χ1n) is 9.48. The molecule has 0 aliphatic carbocycles. The lowest BCUT2D eigenvalue weighted by atomic mass is 10.1. The molecule has 0 unspecified atom stereocenters. The van der Waals surface area contributed by atoms with E-state index in [1.165, 1.54) is 0 Å². The molecule has 1 aliphatic heterocycles. The van der Waals surface area contributed by atoms with Crippen LogP contribution in [0.15, 0.2) is 71.0 Å². The molecule has 1 N–H and O–H groups in total. The third-order valence-corrected chi connectivity index (χ3v) is 7.30. The molecule has 0 atom stereocenters. The maximum absolute atomic E-state index is 13.6. The quantitative estimate of drug-likeness (QED) is 0.728. The Kier molecular flexibility index (Phi) is 4.96. The van der Waals surface area contributed by atoms with E-state index in [1.807, 2.05) is 49.4 Å². The fourth-order valence-corrected chi connectivity index (χ4v) is 5.56. The second-order valence-corrected chi connectivity index (χ2v) is 8.98. The molecule has 1 fully saturated rings. The van der Waals surface area contributed by atoms with Crippen LogP contribution in [-0.2, 0) is 9.84 Å². The average molecular weight is 393 g/mol. The Morgan fingerprint density at radius 1 is 0.964 bits per heavy atom. The summed E-state index contributed by atoms with van der Waals surface area (Å²) in [5.74, 6) is 0. The van der Waals surface area contributed by atoms with Crippen LogP contribution in [0.5, 0.6) is 0 Å². The molecule has 0 amide bonds. The van der Waals surface area contributed by atoms with Crippen molar-refractivity contribution in [3.63, 3.8) is 0 Å². The molecule has 3 aromatic carbocycles. The van der Waals surface area contributed by atoms with E-state index in [0.29, 0.717) is 9.79 Å². The SMILES string of the molecule is C=Cc1ccc(C)c(S(=O)(=O)c2ccc(N3CCNCC3)c3ccccc23)c1. The number of hydrogen-bond acceptors (Lipinski definition) is 4. The zero-order chi connectivity index (χ0) is 19.7. The Hall–Kier alpha value is -2.63. The lowest BCUT2D eigenvalue weighted by Crippen LogP contribution is -2.43. The van der Waals surface area contributed by atoms with Gasteiger partial charge in [0.25, 0.3) is 0 Å². The molecule has 4 nitrogen and oxygen atoms in total. The van der Waals surface area contributed by atoms with Crippen LogP contribution in [0, 0.1) is 6.92 Å². The Balaban J connectivity index is 1.91. The molecule has 0 bridgehead atoms. The number of anilines is 1. The van der Waals surface area contributed by atoms with Gasteiger partial charge in [0.05, 0.1) is 9.79 Å². The van der Waals surface area contributed by atoms with Crippen LogP contribution in [0.1, 0.15) is 11.1 Å². The summed E-state index contributed by atoms with van der Waals surface area (Å²) in [6, 6.07) is 16.9. The van der Waals surface area contributed by atoms with Crippen molar-refractivity contribution in [1.82, 2.24) is 5.32 Å². The van der Waals surface area contributed by atoms with Crippen LogP contribution in [0.4, 0.5) is 5.69 Å². The Bertz CT molecular complexity index is 1150. The lowest BCUT2D eigenvalue weighted by Gasteiger charge is -2.30. The van der Waals surface area contributed by atoms with Gasteiger partial charge in [-0.15, -0.1) is 0 Å². The molecule has 144 valence electrons. The smallest absolute Gasteiger partial charge is 0.207 e. The summed E-state index contributed by atoms with van der Waals surface area (Å²) in [7, 11) is -3.65. The second-order valence-electron chi connectivity index (χ2n) is 7.10. The summed E-state index contributed by atoms with van der Waals surface area (Å²) in [5, 5.41) is 5.10. The first kappa shape index (κ1) is 18.7. The predicted octanol–water partition coefficient (Wildman–Crippen LogP) is 4.03. The number of fused-ring (bicyclic) bond motifs is 1. The first-order valence-corrected chi connectivity index (χ1v) is 11.0. The van der Waals surface area contributed by atoms with Gasteiger partial charge in [-0.1, -0.05) is 49.1 Å². The van der Waals surface area contributed by atoms with Crippen LogP contribution in [0.25, 0.3) is 16.8 Å². The summed E-state index contributed by atoms with van der Waals surface area (Å²) in [4.78, 5) is 3.01. The highest BCUT2D eigenvalue weighted by molar-refractivity contribution is 7.91. The maximum atomic E-state index is 13.6. The van der Waals surface area contributed by atoms with Gasteiger partial charge in [0, 0.05) is 42.6 Å². The van der Waals surface area contributed by atoms with Crippen molar-refractivity contribution in [1.29, 1.82) is 0 Å². The minimum Gasteiger partial charge on any atom is -0.368 e. The normalized spacial score (nSPS) is 15.0. The monoisotopic (exact) mass is 392 g/mol. The minimum atomic E-state index is -3.65. The summed E-state index contributed by atoms with van der Waals surface area (Å²) in [5.41, 5.74) is 2.62. The molecule has 4 rings (SSSR count). The van der Waals surface area contributed by atoms with E-state index in [-0.39, 0.29) is 0 Å². The highest BCUT2D eigenvalue weighted by Gasteiger charge is 2.24. The van der Waals surface area contributed by atoms with Crippen LogP contribution in [0.3, 0.4) is 0 Å². The Labute approximate surface area is 166 Å². The summed E-state index contributed by atoms with van der Waals surface area (Å²) >= 11 is 0. The largest absolute Gasteiger partial charge is 0.368 e. The lowest BCUT2D eigenvalue weighted by molar-refractivity contribution is 0.590. The van der Waals surface area contributed by atoms with Gasteiger partial charge < -0.3 is 10.2 Å². The van der Waals surface area contributed by atoms with E-state index in [2.05, 4.69) is 16.8 Å². The zero-order valence-corrected chi connectivity index (χ0v) is 16.8. The zero-order valence-electron chi connectivity index (χ0n) is 16.0. The highest BCUT2D eigenvalue weighted by Crippen LogP contribution is 2.35. The van der Waals surface area contributed by atoms with E-state index in [1.54, 1.807) is 18.2 Å². The Morgan fingerprint density at radius 3 is 2.39 bits per heavy atom. The number of aryl methyl sites for hydroxylation is 1. The van der Waals surface area contributed by atoms with Crippen molar-refractivity contribution in [3.8, 4) is 0 Å². The van der Waals surface area contributed by atoms with Crippen LogP contribution >= 0.6 is 0 Å². The molecule has 1 aliphatic rings. The molecule has 0 radical (unpaired) electrons. The fraction of sp³-hybridized carbons (Fsp3) is 0.217. The molecule has 1 saturated heterocycles. The van der Waals surface area contributed by atoms with Crippen molar-refractivity contribution in [2.24, 2.45) is 0 Å². The topological polar surface area (TPSA) is 49.4 Å². The van der Waals surface area contributed by atoms with Gasteiger partial charge in [-0.05, 0) is 36.2 Å². The molecule has 1 heterocycles. The second kappa shape index (κ2) is 7.41. The third-order valence-electron chi connectivity index (χ3n) is 5.35. The van der Waals surface area contributed by atoms with Crippen LogP contribution in [0.2, 0.25) is 0 Å². The number of piperazine rings is 1. The van der Waals surface area contributed by atoms with E-state index in [9.17, 15) is 8.42 Å². The first-order chi connectivity index (χ1) is 13.5. The van der Waals surface area contributed by atoms with Gasteiger partial charge in [-0.2, -0.15) is 0 Å². The number of rotatable bonds is 4. The van der Waals surface area contributed by atoms with Gasteiger partial charge in [-0.25, -0.2) is 8.42 Å². The standard InChI is InChI=1S/C23H24N2O2S/c1-3-18-9-8-17(2)23(16-18)28(26,27)22-11-10-21(25-14-12-24-13-15-25)19-6-4-5-7-20(19)22/h3-11,16,24H,1,12-15H2,2H3. The van der Waals surface area contributed by atoms with Crippen LogP contribution in [-0.4, -0.2) is 34.6 Å². The van der Waals surface area contributed by atoms with Crippen molar-refractivity contribution in [2.75, 3.05) is 31.1 Å². The summed E-state index contributed by atoms with van der Waals surface area (Å²) < 4.78 is 27.1. The molecular formula is C23H24N2O2S. The Morgan fingerprint density at radius 2 is 1.68 bits per heavy atom. The van der Waals surface area contributed by atoms with Crippen molar-refractivity contribution >= 4 is 32.4 Å². The van der Waals surface area contributed by atoms with Gasteiger partial charge in [0.1, 0.15) is 0 Å². The molecule has 5 heteroatoms. The molecule has 0 aromatic heterocycles. The number of benzene rings is 3. The van der Waals surface area contributed by atoms with Crippen molar-refractivity contribution < 1.29 is 8.42 Å². The summed E-state index contributed by atoms with van der Waals surface area (Å²) in [6.45, 7) is 9.29. The van der Waals surface area contributed by atoms with Gasteiger partial charge >= 0.3 is 0 Å². The average Bonchev–Trinajstić information content (AvgIpc) is 2.73. The molecule has 0 saturated carbocycles. The molecule has 0 spiro atoms. The third kappa shape index (κ3) is 3.21. The maximum Gasteiger partial charge on any atom is 0.207 e. The fourth-order valence-electron chi connectivity index (χ4n) is 3.82. The van der Waals surface area contributed by atoms with Gasteiger partial charge in [0.2, 0.25) is 9.84 Å². The van der Waals surface area contributed by atoms with Gasteiger partial charge in [-0.3, -0.25) is 0 Å². The van der Waals surface area contributed by atoms with Crippen LogP contribution < -0.4 is 10.2 Å². The number of hydrogen-bond donors (Lipinski definition) is 1. The highest BCUT2D eigenvalue weighted by atomic mass is 32.2.